The Labute approximate surface area is 84.5 Å². The van der Waals surface area contributed by atoms with Crippen LogP contribution in [0.25, 0.3) is 0 Å². The van der Waals surface area contributed by atoms with Gasteiger partial charge in [0.05, 0.1) is 6.16 Å². The number of hydrogen-bond acceptors (Lipinski definition) is 4. The first-order valence-electron chi connectivity index (χ1n) is 2.99. The highest BCUT2D eigenvalue weighted by atomic mass is 31.2. The zero-order valence-corrected chi connectivity index (χ0v) is 9.66. The molecule has 7 N–H and O–H groups in total. The first-order valence-corrected chi connectivity index (χ1v) is 7.63. The molecule has 92 valence electrons. The van der Waals surface area contributed by atoms with Crippen LogP contribution in [0.3, 0.4) is 0 Å². The van der Waals surface area contributed by atoms with Gasteiger partial charge in [-0.15, -0.1) is 9.79 Å². The molecule has 0 aliphatic carbocycles. The highest BCUT2D eigenvalue weighted by molar-refractivity contribution is 7.56. The highest BCUT2D eigenvalue weighted by Gasteiger charge is 2.32. The van der Waals surface area contributed by atoms with Crippen LogP contribution in [0.5, 0.6) is 0 Å². The minimum atomic E-state index is -4.79. The smallest absolute Gasteiger partial charge is 0.380 e. The quantitative estimate of drug-likeness (QED) is 0.294. The van der Waals surface area contributed by atoms with E-state index in [1.165, 1.54) is 0 Å². The van der Waals surface area contributed by atoms with Gasteiger partial charge in [-0.3, -0.25) is 9.13 Å². The average Bonchev–Trinajstić information content (AvgIpc) is 1.78. The van der Waals surface area contributed by atoms with E-state index in [4.69, 9.17) is 39.0 Å². The topological polar surface area (TPSA) is 193 Å². The van der Waals surface area contributed by atoms with Gasteiger partial charge in [0.25, 0.3) is 0 Å². The van der Waals surface area contributed by atoms with E-state index in [2.05, 4.69) is 0 Å². The van der Waals surface area contributed by atoms with E-state index in [0.29, 0.717) is 0 Å². The van der Waals surface area contributed by atoms with Crippen molar-refractivity contribution in [3.05, 3.63) is 0 Å². The van der Waals surface area contributed by atoms with Crippen molar-refractivity contribution in [1.82, 2.24) is 0 Å². The normalized spacial score (nSPS) is 13.8. The third-order valence-electron chi connectivity index (χ3n) is 0.789. The molecule has 0 aliphatic heterocycles. The molecule has 0 radical (unpaired) electrons. The predicted molar refractivity (Wildman–Crippen MR) is 47.0 cm³/mol. The van der Waals surface area contributed by atoms with Gasteiger partial charge < -0.3 is 24.7 Å². The van der Waals surface area contributed by atoms with E-state index in [-0.39, 0.29) is 0 Å². The summed E-state index contributed by atoms with van der Waals surface area (Å²) in [7, 11) is -12.2. The number of aliphatic hydroxyl groups excluding tert-OH is 1. The van der Waals surface area contributed by atoms with Crippen LogP contribution in [0.15, 0.2) is 0 Å². The second-order valence-electron chi connectivity index (χ2n) is 2.17. The van der Waals surface area contributed by atoms with Crippen LogP contribution in [-0.2, 0) is 13.7 Å². The van der Waals surface area contributed by atoms with E-state index < -0.39 is 35.5 Å². The van der Waals surface area contributed by atoms with Crippen molar-refractivity contribution in [2.24, 2.45) is 0 Å². The molecule has 1 atom stereocenters. The monoisotopic (exact) mass is 287 g/mol. The minimum absolute atomic E-state index is 1.22. The first-order chi connectivity index (χ1) is 6.36. The van der Waals surface area contributed by atoms with Crippen LogP contribution in [-0.4, -0.2) is 46.5 Å². The molecular formula is C2H10O10P3+. The van der Waals surface area contributed by atoms with Gasteiger partial charge in [0, 0.05) is 4.57 Å². The van der Waals surface area contributed by atoms with E-state index in [1.807, 2.05) is 0 Å². The molecule has 0 bridgehead atoms. The highest BCUT2D eigenvalue weighted by Crippen LogP contribution is 2.47. The summed E-state index contributed by atoms with van der Waals surface area (Å²) in [4.78, 5) is 46.9. The molecular weight excluding hydrogens is 277 g/mol. The fourth-order valence-corrected chi connectivity index (χ4v) is 2.23. The lowest BCUT2D eigenvalue weighted by atomic mass is 10.9. The number of hydrogen-bond donors (Lipinski definition) is 7. The summed E-state index contributed by atoms with van der Waals surface area (Å²) in [5.74, 6) is -2.29. The van der Waals surface area contributed by atoms with Gasteiger partial charge in [0.2, 0.25) is 0 Å². The summed E-state index contributed by atoms with van der Waals surface area (Å²) in [5.41, 5.74) is 0. The first kappa shape index (κ1) is 17.7. The molecule has 0 aromatic rings. The Morgan fingerprint density at radius 3 is 1.40 bits per heavy atom. The lowest BCUT2D eigenvalue weighted by Crippen LogP contribution is -2.12. The maximum atomic E-state index is 10.1. The molecule has 0 fully saturated rings. The van der Waals surface area contributed by atoms with Crippen molar-refractivity contribution >= 4 is 23.4 Å². The lowest BCUT2D eigenvalue weighted by Gasteiger charge is -2.12. The minimum Gasteiger partial charge on any atom is -0.380 e. The molecule has 13 heteroatoms. The van der Waals surface area contributed by atoms with Crippen molar-refractivity contribution < 1.29 is 48.2 Å². The van der Waals surface area contributed by atoms with E-state index in [1.54, 1.807) is 0 Å². The Morgan fingerprint density at radius 1 is 1.07 bits per heavy atom. The second kappa shape index (κ2) is 6.78. The molecule has 0 aromatic heterocycles. The summed E-state index contributed by atoms with van der Waals surface area (Å²) in [6, 6.07) is 0. The van der Waals surface area contributed by atoms with Gasteiger partial charge in [0.15, 0.2) is 5.85 Å². The molecule has 0 aliphatic rings. The fraction of sp³-hybridized carbons (Fsp3) is 1.00. The van der Waals surface area contributed by atoms with E-state index >= 15 is 0 Å². The van der Waals surface area contributed by atoms with Gasteiger partial charge >= 0.3 is 23.4 Å². The standard InChI is InChI=1S/C2H8O7P2.HO3P/c3-2(11(7,8)9)1-10(4,5)6;1-4(2)3/h2-3H,1H2,(H2,4,5,6)(H2,7,8,9);(H-,1,2,3)/p+1. The van der Waals surface area contributed by atoms with Crippen molar-refractivity contribution in [2.75, 3.05) is 6.16 Å². The molecule has 15 heavy (non-hydrogen) atoms. The third kappa shape index (κ3) is 16.9. The predicted octanol–water partition coefficient (Wildman–Crippen LogP) is -1.71. The largest absolute Gasteiger partial charge is 0.692 e. The molecule has 0 heterocycles. The van der Waals surface area contributed by atoms with E-state index in [9.17, 15) is 9.13 Å². The van der Waals surface area contributed by atoms with Crippen LogP contribution in [0.1, 0.15) is 0 Å². The Balaban J connectivity index is 0. The summed E-state index contributed by atoms with van der Waals surface area (Å²) < 4.78 is 28.9. The van der Waals surface area contributed by atoms with Crippen molar-refractivity contribution in [3.8, 4) is 0 Å². The van der Waals surface area contributed by atoms with Gasteiger partial charge in [-0.1, -0.05) is 0 Å². The molecule has 1 unspecified atom stereocenters. The summed E-state index contributed by atoms with van der Waals surface area (Å²) in [5, 5.41) is 8.47. The van der Waals surface area contributed by atoms with E-state index in [0.717, 1.165) is 0 Å². The Hall–Kier alpha value is 0.280. The van der Waals surface area contributed by atoms with Crippen molar-refractivity contribution in [2.45, 2.75) is 5.85 Å². The molecule has 0 spiro atoms. The fourth-order valence-electron chi connectivity index (χ4n) is 0.319. The number of aliphatic hydroxyl groups is 1. The zero-order chi connectivity index (χ0) is 12.9. The number of rotatable bonds is 3. The molecule has 0 rings (SSSR count). The molecule has 0 saturated carbocycles. The molecule has 0 aromatic carbocycles. The Morgan fingerprint density at radius 2 is 1.33 bits per heavy atom. The zero-order valence-electron chi connectivity index (χ0n) is 6.98. The van der Waals surface area contributed by atoms with Gasteiger partial charge in [-0.05, 0) is 0 Å². The molecule has 0 saturated heterocycles. The van der Waals surface area contributed by atoms with Crippen molar-refractivity contribution in [3.63, 3.8) is 0 Å². The summed E-state index contributed by atoms with van der Waals surface area (Å²) >= 11 is 0. The van der Waals surface area contributed by atoms with Crippen LogP contribution >= 0.6 is 23.4 Å². The SMILES string of the molecule is O=P(O)(O)CC(O)P(=O)(O)O.O=[P+](O)O. The third-order valence-corrected chi connectivity index (χ3v) is 2.86. The van der Waals surface area contributed by atoms with Crippen LogP contribution < -0.4 is 0 Å². The maximum absolute atomic E-state index is 10.1. The van der Waals surface area contributed by atoms with Crippen LogP contribution in [0, 0.1) is 0 Å². The Bertz CT molecular complexity index is 281. The maximum Gasteiger partial charge on any atom is 0.692 e. The van der Waals surface area contributed by atoms with Crippen LogP contribution in [0.4, 0.5) is 0 Å². The van der Waals surface area contributed by atoms with Gasteiger partial charge in [0.1, 0.15) is 0 Å². The Kier molecular flexibility index (Phi) is 7.98. The van der Waals surface area contributed by atoms with Crippen LogP contribution in [0.2, 0.25) is 0 Å². The lowest BCUT2D eigenvalue weighted by molar-refractivity contribution is 0.211. The average molecular weight is 287 g/mol. The van der Waals surface area contributed by atoms with Crippen molar-refractivity contribution in [1.29, 1.82) is 0 Å². The summed E-state index contributed by atoms with van der Waals surface area (Å²) in [6.45, 7) is 0. The van der Waals surface area contributed by atoms with Gasteiger partial charge in [-0.25, -0.2) is 0 Å². The molecule has 0 amide bonds. The van der Waals surface area contributed by atoms with Gasteiger partial charge in [-0.2, -0.15) is 0 Å². The molecule has 10 nitrogen and oxygen atoms in total. The summed E-state index contributed by atoms with van der Waals surface area (Å²) in [6.07, 6.45) is -1.22. The second-order valence-corrected chi connectivity index (χ2v) is 6.14.